The Balaban J connectivity index is 3.84. The van der Waals surface area contributed by atoms with Crippen LogP contribution in [0.3, 0.4) is 0 Å². The predicted octanol–water partition coefficient (Wildman–Crippen LogP) is 1.43. The molecule has 0 aromatic heterocycles. The van der Waals surface area contributed by atoms with Crippen LogP contribution >= 0.6 is 0 Å². The first-order chi connectivity index (χ1) is 6.56. The Hall–Kier alpha value is -1.10. The van der Waals surface area contributed by atoms with E-state index < -0.39 is 11.9 Å². The summed E-state index contributed by atoms with van der Waals surface area (Å²) in [7, 11) is 0. The van der Waals surface area contributed by atoms with E-state index in [1.807, 2.05) is 0 Å². The summed E-state index contributed by atoms with van der Waals surface area (Å²) in [6.07, 6.45) is 2.87. The molecule has 0 aromatic rings. The van der Waals surface area contributed by atoms with E-state index in [1.165, 1.54) is 13.8 Å². The average Bonchev–Trinajstić information content (AvgIpc) is 2.02. The van der Waals surface area contributed by atoms with Gasteiger partial charge in [0.1, 0.15) is 0 Å². The molecule has 0 bridgehead atoms. The van der Waals surface area contributed by atoms with Gasteiger partial charge in [-0.1, -0.05) is 19.8 Å². The lowest BCUT2D eigenvalue weighted by molar-refractivity contribution is -0.323. The van der Waals surface area contributed by atoms with Crippen molar-refractivity contribution in [3.8, 4) is 0 Å². The lowest BCUT2D eigenvalue weighted by atomic mass is 10.2. The first kappa shape index (κ1) is 12.9. The fourth-order valence-corrected chi connectivity index (χ4v) is 0.888. The molecular weight excluding hydrogens is 186 g/mol. The molecule has 0 aliphatic rings. The predicted molar refractivity (Wildman–Crippen MR) is 49.8 cm³/mol. The summed E-state index contributed by atoms with van der Waals surface area (Å²) in [5.74, 6) is -0.995. The number of nitrogens with zero attached hydrogens (tertiary/aromatic N) is 1. The van der Waals surface area contributed by atoms with Crippen LogP contribution in [0, 0.1) is 0 Å². The van der Waals surface area contributed by atoms with Gasteiger partial charge in [0.05, 0.1) is 6.54 Å². The van der Waals surface area contributed by atoms with Gasteiger partial charge >= 0.3 is 11.9 Å². The standard InChI is InChI=1S/C9H17NO4/c1-4-5-6-7-10(13-8(2)11)14-9(3)12/h4-7H2,1-3H3. The molecule has 0 aliphatic heterocycles. The van der Waals surface area contributed by atoms with Crippen molar-refractivity contribution < 1.29 is 19.3 Å². The third kappa shape index (κ3) is 7.54. The highest BCUT2D eigenvalue weighted by Crippen LogP contribution is 2.00. The Labute approximate surface area is 83.9 Å². The van der Waals surface area contributed by atoms with Gasteiger partial charge < -0.3 is 9.68 Å². The van der Waals surface area contributed by atoms with Crippen molar-refractivity contribution in [1.29, 1.82) is 0 Å². The molecule has 0 unspecified atom stereocenters. The highest BCUT2D eigenvalue weighted by atomic mass is 17.0. The summed E-state index contributed by atoms with van der Waals surface area (Å²) >= 11 is 0. The molecule has 0 radical (unpaired) electrons. The second-order valence-electron chi connectivity index (χ2n) is 2.93. The zero-order valence-corrected chi connectivity index (χ0v) is 8.91. The number of carbonyl (C=O) groups excluding carboxylic acids is 2. The largest absolute Gasteiger partial charge is 0.333 e. The van der Waals surface area contributed by atoms with Crippen molar-refractivity contribution in [3.63, 3.8) is 0 Å². The minimum atomic E-state index is -0.497. The van der Waals surface area contributed by atoms with Crippen molar-refractivity contribution in [2.45, 2.75) is 40.0 Å². The molecule has 0 spiro atoms. The summed E-state index contributed by atoms with van der Waals surface area (Å²) in [6.45, 7) is 4.99. The fraction of sp³-hybridized carbons (Fsp3) is 0.778. The van der Waals surface area contributed by atoms with Crippen LogP contribution in [0.25, 0.3) is 0 Å². The van der Waals surface area contributed by atoms with Crippen LogP contribution in [-0.2, 0) is 19.3 Å². The second kappa shape index (κ2) is 7.32. The molecule has 0 aliphatic carbocycles. The van der Waals surface area contributed by atoms with Crippen LogP contribution in [0.2, 0.25) is 0 Å². The molecule has 5 nitrogen and oxygen atoms in total. The average molecular weight is 203 g/mol. The summed E-state index contributed by atoms with van der Waals surface area (Å²) in [6, 6.07) is 0. The Morgan fingerprint density at radius 3 is 1.93 bits per heavy atom. The van der Waals surface area contributed by atoms with Crippen molar-refractivity contribution in [2.24, 2.45) is 0 Å². The van der Waals surface area contributed by atoms with Gasteiger partial charge in [-0.15, -0.1) is 0 Å². The maximum atomic E-state index is 10.6. The topological polar surface area (TPSA) is 55.8 Å². The number of unbranched alkanes of at least 4 members (excludes halogenated alkanes) is 2. The Bertz CT molecular complexity index is 177. The van der Waals surface area contributed by atoms with E-state index in [0.29, 0.717) is 6.54 Å². The van der Waals surface area contributed by atoms with Crippen LogP contribution in [0.15, 0.2) is 0 Å². The maximum absolute atomic E-state index is 10.6. The Morgan fingerprint density at radius 1 is 1.07 bits per heavy atom. The molecule has 0 saturated carbocycles. The van der Waals surface area contributed by atoms with Gasteiger partial charge in [0.15, 0.2) is 0 Å². The fourth-order valence-electron chi connectivity index (χ4n) is 0.888. The summed E-state index contributed by atoms with van der Waals surface area (Å²) in [4.78, 5) is 30.5. The molecule has 14 heavy (non-hydrogen) atoms. The summed E-state index contributed by atoms with van der Waals surface area (Å²) in [5, 5.41) is 0.931. The van der Waals surface area contributed by atoms with Crippen LogP contribution in [0.5, 0.6) is 0 Å². The molecule has 0 fully saturated rings. The summed E-state index contributed by atoms with van der Waals surface area (Å²) < 4.78 is 0. The monoisotopic (exact) mass is 203 g/mol. The molecule has 0 amide bonds. The minimum absolute atomic E-state index is 0.410. The van der Waals surface area contributed by atoms with Gasteiger partial charge in [-0.05, 0) is 6.42 Å². The number of hydroxylamine groups is 2. The molecule has 5 heteroatoms. The first-order valence-corrected chi connectivity index (χ1v) is 4.70. The van der Waals surface area contributed by atoms with Gasteiger partial charge in [-0.25, -0.2) is 0 Å². The Morgan fingerprint density at radius 2 is 1.57 bits per heavy atom. The highest BCUT2D eigenvalue weighted by Gasteiger charge is 2.11. The number of hydrogen-bond acceptors (Lipinski definition) is 5. The van der Waals surface area contributed by atoms with E-state index in [0.717, 1.165) is 24.5 Å². The first-order valence-electron chi connectivity index (χ1n) is 4.70. The highest BCUT2D eigenvalue weighted by molar-refractivity contribution is 5.67. The van der Waals surface area contributed by atoms with Crippen molar-refractivity contribution in [3.05, 3.63) is 0 Å². The number of hydrogen-bond donors (Lipinski definition) is 0. The second-order valence-corrected chi connectivity index (χ2v) is 2.93. The van der Waals surface area contributed by atoms with Crippen LogP contribution in [-0.4, -0.2) is 23.7 Å². The smallest absolute Gasteiger partial charge is 0.326 e. The van der Waals surface area contributed by atoms with Crippen molar-refractivity contribution in [1.82, 2.24) is 5.23 Å². The third-order valence-electron chi connectivity index (χ3n) is 1.40. The van der Waals surface area contributed by atoms with Gasteiger partial charge in [0.2, 0.25) is 0 Å². The maximum Gasteiger partial charge on any atom is 0.326 e. The molecule has 82 valence electrons. The molecule has 0 atom stereocenters. The van der Waals surface area contributed by atoms with Crippen molar-refractivity contribution >= 4 is 11.9 Å². The zero-order chi connectivity index (χ0) is 11.0. The molecule has 0 heterocycles. The van der Waals surface area contributed by atoms with Gasteiger partial charge in [-0.2, -0.15) is 0 Å². The van der Waals surface area contributed by atoms with Crippen LogP contribution in [0.1, 0.15) is 40.0 Å². The van der Waals surface area contributed by atoms with E-state index >= 15 is 0 Å². The summed E-state index contributed by atoms with van der Waals surface area (Å²) in [5.41, 5.74) is 0. The lowest BCUT2D eigenvalue weighted by Crippen LogP contribution is -2.29. The van der Waals surface area contributed by atoms with E-state index in [9.17, 15) is 9.59 Å². The normalized spacial score (nSPS) is 10.0. The van der Waals surface area contributed by atoms with Crippen molar-refractivity contribution in [2.75, 3.05) is 6.54 Å². The molecule has 0 N–H and O–H groups in total. The van der Waals surface area contributed by atoms with E-state index in [1.54, 1.807) is 0 Å². The number of rotatable bonds is 6. The van der Waals surface area contributed by atoms with Gasteiger partial charge in [0.25, 0.3) is 0 Å². The Kier molecular flexibility index (Phi) is 6.74. The lowest BCUT2D eigenvalue weighted by Gasteiger charge is -2.17. The van der Waals surface area contributed by atoms with E-state index in [4.69, 9.17) is 0 Å². The van der Waals surface area contributed by atoms with E-state index in [2.05, 4.69) is 16.6 Å². The van der Waals surface area contributed by atoms with Gasteiger partial charge in [-0.3, -0.25) is 9.59 Å². The zero-order valence-electron chi connectivity index (χ0n) is 8.91. The van der Waals surface area contributed by atoms with Crippen LogP contribution < -0.4 is 0 Å². The number of carbonyl (C=O) groups is 2. The minimum Gasteiger partial charge on any atom is -0.333 e. The molecule has 0 saturated heterocycles. The quantitative estimate of drug-likeness (QED) is 0.483. The molecular formula is C9H17NO4. The molecule has 0 rings (SSSR count). The SMILES string of the molecule is CCCCCN(OC(C)=O)OC(C)=O. The third-order valence-corrected chi connectivity index (χ3v) is 1.40. The van der Waals surface area contributed by atoms with Crippen LogP contribution in [0.4, 0.5) is 0 Å². The van der Waals surface area contributed by atoms with E-state index in [-0.39, 0.29) is 0 Å². The molecule has 0 aromatic carbocycles. The van der Waals surface area contributed by atoms with Gasteiger partial charge in [0, 0.05) is 19.1 Å².